The van der Waals surface area contributed by atoms with E-state index in [1.54, 1.807) is 0 Å². The third-order valence-electron chi connectivity index (χ3n) is 3.27. The first-order valence-corrected chi connectivity index (χ1v) is 11.1. The highest BCUT2D eigenvalue weighted by Crippen LogP contribution is 2.46. The van der Waals surface area contributed by atoms with E-state index in [-0.39, 0.29) is 0 Å². The van der Waals surface area contributed by atoms with Gasteiger partial charge >= 0.3 is 0 Å². The average Bonchev–Trinajstić information content (AvgIpc) is 2.52. The number of hydrogen-bond donors (Lipinski definition) is 0. The van der Waals surface area contributed by atoms with Gasteiger partial charge in [-0.05, 0) is 82.4 Å². The molecule has 0 heterocycles. The van der Waals surface area contributed by atoms with Gasteiger partial charge in [-0.2, -0.15) is 0 Å². The first kappa shape index (κ1) is 18.3. The zero-order valence-corrected chi connectivity index (χ0v) is 16.4. The van der Waals surface area contributed by atoms with E-state index in [1.807, 2.05) is 31.4 Å². The zero-order chi connectivity index (χ0) is 16.7. The molecule has 2 rings (SSSR count). The van der Waals surface area contributed by atoms with Crippen molar-refractivity contribution in [3.05, 3.63) is 70.8 Å². The topological polar surface area (TPSA) is 0 Å². The van der Waals surface area contributed by atoms with Gasteiger partial charge in [0.15, 0.2) is 0 Å². The molecule has 0 fully saturated rings. The highest BCUT2D eigenvalue weighted by Gasteiger charge is 2.05. The maximum Gasteiger partial charge on any atom is 0.0263 e. The largest absolute Gasteiger partial charge is 0.0870 e. The van der Waals surface area contributed by atoms with E-state index in [0.29, 0.717) is 0 Å². The third-order valence-corrected chi connectivity index (χ3v) is 7.22. The summed E-state index contributed by atoms with van der Waals surface area (Å²) < 4.78 is 0. The second-order valence-electron chi connectivity index (χ2n) is 5.32. The van der Waals surface area contributed by atoms with Crippen LogP contribution in [0.3, 0.4) is 0 Å². The Kier molecular flexibility index (Phi) is 7.41. The van der Waals surface area contributed by atoms with Crippen LogP contribution in [0.15, 0.2) is 58.3 Å². The molecule has 0 N–H and O–H groups in total. The molecule has 2 aromatic carbocycles. The molecule has 0 saturated heterocycles. The van der Waals surface area contributed by atoms with Gasteiger partial charge in [-0.1, -0.05) is 59.7 Å². The number of benzene rings is 2. The summed E-state index contributed by atoms with van der Waals surface area (Å²) >= 11 is 0. The number of rotatable bonds is 6. The van der Waals surface area contributed by atoms with Crippen LogP contribution in [0, 0.1) is 13.8 Å². The van der Waals surface area contributed by atoms with Crippen molar-refractivity contribution in [1.82, 2.24) is 0 Å². The molecule has 0 spiro atoms. The Balaban J connectivity index is 2.09. The number of allylic oxidation sites excluding steroid dienone is 2. The maximum atomic E-state index is 2.24. The van der Waals surface area contributed by atoms with Crippen molar-refractivity contribution < 1.29 is 0 Å². The van der Waals surface area contributed by atoms with Crippen LogP contribution in [0.2, 0.25) is 0 Å². The SMILES string of the molecule is CC=Cc1cc(C)ccc1SSSc1ccc(C)cc1C=CC. The van der Waals surface area contributed by atoms with Crippen LogP contribution in [0.1, 0.15) is 36.1 Å². The fourth-order valence-corrected chi connectivity index (χ4v) is 6.15. The first-order valence-electron chi connectivity index (χ1n) is 7.62. The summed E-state index contributed by atoms with van der Waals surface area (Å²) in [5.74, 6) is 0. The minimum absolute atomic E-state index is 1.29. The van der Waals surface area contributed by atoms with Crippen LogP contribution in [0.25, 0.3) is 12.2 Å². The Morgan fingerprint density at radius 3 is 1.52 bits per heavy atom. The van der Waals surface area contributed by atoms with E-state index in [1.165, 1.54) is 32.0 Å². The number of hydrogen-bond acceptors (Lipinski definition) is 3. The summed E-state index contributed by atoms with van der Waals surface area (Å²) in [6, 6.07) is 13.3. The molecule has 0 atom stereocenters. The van der Waals surface area contributed by atoms with Gasteiger partial charge in [0.25, 0.3) is 0 Å². The molecule has 0 aliphatic heterocycles. The summed E-state index contributed by atoms with van der Waals surface area (Å²) in [5.41, 5.74) is 5.19. The van der Waals surface area contributed by atoms with Crippen LogP contribution >= 0.6 is 31.4 Å². The van der Waals surface area contributed by atoms with Crippen molar-refractivity contribution in [2.24, 2.45) is 0 Å². The van der Waals surface area contributed by atoms with Crippen molar-refractivity contribution in [2.75, 3.05) is 0 Å². The Morgan fingerprint density at radius 2 is 1.13 bits per heavy atom. The normalized spacial score (nSPS) is 11.7. The maximum absolute atomic E-state index is 2.24. The molecule has 0 amide bonds. The molecule has 0 saturated carbocycles. The quantitative estimate of drug-likeness (QED) is 0.483. The monoisotopic (exact) mass is 358 g/mol. The molecule has 3 heteroatoms. The van der Waals surface area contributed by atoms with Crippen LogP contribution in [-0.4, -0.2) is 0 Å². The Labute approximate surface area is 151 Å². The Morgan fingerprint density at radius 1 is 0.696 bits per heavy atom. The summed E-state index contributed by atoms with van der Waals surface area (Å²) in [6.45, 7) is 8.40. The van der Waals surface area contributed by atoms with Crippen LogP contribution in [0.4, 0.5) is 0 Å². The molecule has 120 valence electrons. The smallest absolute Gasteiger partial charge is 0.0263 e. The lowest BCUT2D eigenvalue weighted by molar-refractivity contribution is 1.35. The summed E-state index contributed by atoms with van der Waals surface area (Å²) in [5, 5.41) is 0. The van der Waals surface area contributed by atoms with Crippen molar-refractivity contribution in [2.45, 2.75) is 37.5 Å². The zero-order valence-electron chi connectivity index (χ0n) is 14.0. The minimum atomic E-state index is 1.29. The van der Waals surface area contributed by atoms with Gasteiger partial charge in [0.1, 0.15) is 0 Å². The molecule has 23 heavy (non-hydrogen) atoms. The lowest BCUT2D eigenvalue weighted by atomic mass is 10.1. The van der Waals surface area contributed by atoms with E-state index in [0.717, 1.165) is 0 Å². The highest BCUT2D eigenvalue weighted by molar-refractivity contribution is 9.09. The number of aryl methyl sites for hydroxylation is 2. The third kappa shape index (κ3) is 5.52. The van der Waals surface area contributed by atoms with Crippen LogP contribution < -0.4 is 0 Å². The lowest BCUT2D eigenvalue weighted by Crippen LogP contribution is -1.81. The first-order chi connectivity index (χ1) is 11.1. The molecule has 2 aromatic rings. The fourth-order valence-electron chi connectivity index (χ4n) is 2.20. The van der Waals surface area contributed by atoms with Crippen LogP contribution in [0.5, 0.6) is 0 Å². The van der Waals surface area contributed by atoms with Crippen LogP contribution in [-0.2, 0) is 0 Å². The average molecular weight is 359 g/mol. The molecule has 0 aliphatic rings. The van der Waals surface area contributed by atoms with E-state index in [9.17, 15) is 0 Å². The minimum Gasteiger partial charge on any atom is -0.0870 e. The van der Waals surface area contributed by atoms with E-state index >= 15 is 0 Å². The highest BCUT2D eigenvalue weighted by atomic mass is 33.5. The van der Waals surface area contributed by atoms with Gasteiger partial charge in [-0.25, -0.2) is 0 Å². The Hall–Kier alpha value is -1.03. The molecule has 0 radical (unpaired) electrons. The van der Waals surface area contributed by atoms with Crippen molar-refractivity contribution >= 4 is 43.6 Å². The summed E-state index contributed by atoms with van der Waals surface area (Å²) in [4.78, 5) is 2.62. The predicted molar refractivity (Wildman–Crippen MR) is 111 cm³/mol. The van der Waals surface area contributed by atoms with E-state index < -0.39 is 0 Å². The van der Waals surface area contributed by atoms with Gasteiger partial charge in [0.05, 0.1) is 0 Å². The molecular formula is C20H22S3. The van der Waals surface area contributed by atoms with Gasteiger partial charge in [0, 0.05) is 9.79 Å². The fraction of sp³-hybridized carbons (Fsp3) is 0.200. The lowest BCUT2D eigenvalue weighted by Gasteiger charge is -2.08. The van der Waals surface area contributed by atoms with Crippen molar-refractivity contribution in [1.29, 1.82) is 0 Å². The van der Waals surface area contributed by atoms with Crippen molar-refractivity contribution in [3.63, 3.8) is 0 Å². The van der Waals surface area contributed by atoms with Gasteiger partial charge in [-0.15, -0.1) is 0 Å². The molecule has 0 unspecified atom stereocenters. The summed E-state index contributed by atoms with van der Waals surface area (Å²) in [7, 11) is 5.47. The van der Waals surface area contributed by atoms with Gasteiger partial charge in [0.2, 0.25) is 0 Å². The molecular weight excluding hydrogens is 336 g/mol. The second kappa shape index (κ2) is 9.31. The standard InChI is InChI=1S/C20H22S3/c1-5-7-17-13-15(3)9-11-19(17)21-23-22-20-12-10-16(4)14-18(20)8-6-2/h5-14H,1-4H3. The molecule has 0 aromatic heterocycles. The van der Waals surface area contributed by atoms with Crippen molar-refractivity contribution in [3.8, 4) is 0 Å². The van der Waals surface area contributed by atoms with E-state index in [4.69, 9.17) is 0 Å². The second-order valence-corrected chi connectivity index (χ2v) is 9.30. The molecule has 0 bridgehead atoms. The molecule has 0 aliphatic carbocycles. The summed E-state index contributed by atoms with van der Waals surface area (Å²) in [6.07, 6.45) is 8.55. The predicted octanol–water partition coefficient (Wildman–Crippen LogP) is 7.82. The molecule has 0 nitrogen and oxygen atoms in total. The van der Waals surface area contributed by atoms with Gasteiger partial charge in [-0.3, -0.25) is 0 Å². The van der Waals surface area contributed by atoms with Gasteiger partial charge < -0.3 is 0 Å². The Bertz CT molecular complexity index is 653. The van der Waals surface area contributed by atoms with E-state index in [2.05, 4.69) is 88.4 Å².